The minimum atomic E-state index is 0.225. The summed E-state index contributed by atoms with van der Waals surface area (Å²) in [7, 11) is 0. The molecule has 2 N–H and O–H groups in total. The summed E-state index contributed by atoms with van der Waals surface area (Å²) in [5.41, 5.74) is 1.84. The second-order valence-corrected chi connectivity index (χ2v) is 7.78. The summed E-state index contributed by atoms with van der Waals surface area (Å²) >= 11 is 0. The molecule has 3 nitrogen and oxygen atoms in total. The lowest BCUT2D eigenvalue weighted by Gasteiger charge is -2.30. The zero-order valence-corrected chi connectivity index (χ0v) is 15.5. The molecule has 0 spiro atoms. The topological polar surface area (TPSA) is 35.1 Å². The highest BCUT2D eigenvalue weighted by molar-refractivity contribution is 5.42. The Morgan fingerprint density at radius 2 is 1.50 bits per heavy atom. The van der Waals surface area contributed by atoms with Crippen molar-refractivity contribution < 1.29 is 14.8 Å². The Morgan fingerprint density at radius 1 is 0.909 bits per heavy atom. The van der Waals surface area contributed by atoms with E-state index in [1.807, 2.05) is 19.9 Å². The van der Waals surface area contributed by atoms with Gasteiger partial charge in [-0.1, -0.05) is 20.8 Å². The van der Waals surface area contributed by atoms with Gasteiger partial charge in [0.2, 0.25) is 0 Å². The van der Waals surface area contributed by atoms with E-state index < -0.39 is 0 Å². The van der Waals surface area contributed by atoms with Crippen LogP contribution in [0.4, 0.5) is 0 Å². The van der Waals surface area contributed by atoms with Crippen LogP contribution >= 0.6 is 0 Å². The first-order valence-corrected chi connectivity index (χ1v) is 8.40. The third kappa shape index (κ3) is 6.69. The van der Waals surface area contributed by atoms with Crippen LogP contribution in [0.15, 0.2) is 18.2 Å². The van der Waals surface area contributed by atoms with Gasteiger partial charge >= 0.3 is 0 Å². The Balaban J connectivity index is 2.75. The average molecular weight is 308 g/mol. The molecule has 0 saturated heterocycles. The van der Waals surface area contributed by atoms with Crippen LogP contribution in [0.25, 0.3) is 0 Å². The third-order valence-electron chi connectivity index (χ3n) is 3.48. The van der Waals surface area contributed by atoms with Gasteiger partial charge in [-0.05, 0) is 51.3 Å². The van der Waals surface area contributed by atoms with Crippen LogP contribution in [-0.4, -0.2) is 18.8 Å². The van der Waals surface area contributed by atoms with Crippen molar-refractivity contribution in [3.05, 3.63) is 23.8 Å². The van der Waals surface area contributed by atoms with Gasteiger partial charge in [-0.3, -0.25) is 0 Å². The summed E-state index contributed by atoms with van der Waals surface area (Å²) in [4.78, 5) is 0. The van der Waals surface area contributed by atoms with Crippen molar-refractivity contribution in [3.63, 3.8) is 0 Å². The fourth-order valence-electron chi connectivity index (χ4n) is 3.06. The first-order valence-electron chi connectivity index (χ1n) is 8.40. The number of nitrogens with two attached hydrogens (primary N) is 1. The van der Waals surface area contributed by atoms with Gasteiger partial charge in [0, 0.05) is 12.0 Å². The molecular weight excluding hydrogens is 274 g/mol. The van der Waals surface area contributed by atoms with E-state index in [0.29, 0.717) is 18.6 Å². The fraction of sp³-hybridized carbons (Fsp3) is 0.684. The molecular formula is C19H34NO2+. The highest BCUT2D eigenvalue weighted by Gasteiger charge is 2.28. The van der Waals surface area contributed by atoms with E-state index in [1.54, 1.807) is 0 Å². The monoisotopic (exact) mass is 308 g/mol. The molecule has 1 aromatic rings. The molecule has 0 aliphatic rings. The van der Waals surface area contributed by atoms with Crippen molar-refractivity contribution in [2.45, 2.75) is 67.0 Å². The van der Waals surface area contributed by atoms with E-state index >= 15 is 0 Å². The van der Waals surface area contributed by atoms with Crippen LogP contribution in [0.2, 0.25) is 0 Å². The first kappa shape index (κ1) is 18.8. The zero-order valence-electron chi connectivity index (χ0n) is 15.5. The Morgan fingerprint density at radius 3 is 2.05 bits per heavy atom. The van der Waals surface area contributed by atoms with E-state index in [4.69, 9.17) is 9.47 Å². The number of benzene rings is 1. The van der Waals surface area contributed by atoms with Crippen LogP contribution < -0.4 is 14.8 Å². The van der Waals surface area contributed by atoms with Gasteiger partial charge in [0.25, 0.3) is 0 Å². The van der Waals surface area contributed by atoms with Crippen molar-refractivity contribution in [2.24, 2.45) is 5.41 Å². The number of hydrogen-bond acceptors (Lipinski definition) is 2. The number of hydrogen-bond donors (Lipinski definition) is 1. The van der Waals surface area contributed by atoms with Crippen molar-refractivity contribution in [1.29, 1.82) is 0 Å². The molecule has 0 heterocycles. The van der Waals surface area contributed by atoms with Gasteiger partial charge in [-0.25, -0.2) is 0 Å². The summed E-state index contributed by atoms with van der Waals surface area (Å²) in [6, 6.07) is 6.27. The predicted octanol–water partition coefficient (Wildman–Crippen LogP) is 3.76. The first-order chi connectivity index (χ1) is 10.2. The highest BCUT2D eigenvalue weighted by atomic mass is 16.5. The molecule has 0 fully saturated rings. The van der Waals surface area contributed by atoms with Gasteiger partial charge in [0.15, 0.2) is 11.5 Å². The maximum absolute atomic E-state index is 5.70. The zero-order chi connectivity index (χ0) is 16.8. The molecule has 0 amide bonds. The van der Waals surface area contributed by atoms with Crippen molar-refractivity contribution in [3.8, 4) is 11.5 Å². The van der Waals surface area contributed by atoms with Crippen LogP contribution in [0.1, 0.15) is 60.5 Å². The Bertz CT molecular complexity index is 461. The minimum Gasteiger partial charge on any atom is -0.490 e. The lowest BCUT2D eigenvalue weighted by Crippen LogP contribution is -2.94. The largest absolute Gasteiger partial charge is 0.490 e. The van der Waals surface area contributed by atoms with Crippen LogP contribution in [-0.2, 0) is 6.54 Å². The Kier molecular flexibility index (Phi) is 6.73. The van der Waals surface area contributed by atoms with Crippen molar-refractivity contribution >= 4 is 0 Å². The highest BCUT2D eigenvalue weighted by Crippen LogP contribution is 2.28. The molecule has 0 saturated carbocycles. The van der Waals surface area contributed by atoms with E-state index in [2.05, 4.69) is 52.1 Å². The maximum Gasteiger partial charge on any atom is 0.161 e. The van der Waals surface area contributed by atoms with Gasteiger partial charge in [0.1, 0.15) is 6.54 Å². The number of rotatable bonds is 8. The number of quaternary nitrogens is 1. The summed E-state index contributed by atoms with van der Waals surface area (Å²) in [6.07, 6.45) is 1.18. The summed E-state index contributed by atoms with van der Waals surface area (Å²) in [6.45, 7) is 17.8. The predicted molar refractivity (Wildman–Crippen MR) is 92.6 cm³/mol. The van der Waals surface area contributed by atoms with Crippen molar-refractivity contribution in [2.75, 3.05) is 13.2 Å². The summed E-state index contributed by atoms with van der Waals surface area (Å²) in [5.74, 6) is 1.69. The fourth-order valence-corrected chi connectivity index (χ4v) is 3.06. The maximum atomic E-state index is 5.70. The van der Waals surface area contributed by atoms with Crippen LogP contribution in [0.3, 0.4) is 0 Å². The van der Waals surface area contributed by atoms with E-state index in [0.717, 1.165) is 18.0 Å². The lowest BCUT2D eigenvalue weighted by molar-refractivity contribution is -0.737. The van der Waals surface area contributed by atoms with E-state index in [9.17, 15) is 0 Å². The molecule has 0 bridgehead atoms. The molecule has 0 atom stereocenters. The molecule has 0 aliphatic carbocycles. The third-order valence-corrected chi connectivity index (χ3v) is 3.48. The molecule has 0 radical (unpaired) electrons. The van der Waals surface area contributed by atoms with Gasteiger partial charge in [-0.2, -0.15) is 0 Å². The Labute approximate surface area is 136 Å². The van der Waals surface area contributed by atoms with E-state index in [-0.39, 0.29) is 5.54 Å². The lowest BCUT2D eigenvalue weighted by atomic mass is 9.82. The normalized spacial score (nSPS) is 12.3. The molecule has 0 unspecified atom stereocenters. The minimum absolute atomic E-state index is 0.225. The van der Waals surface area contributed by atoms with Crippen LogP contribution in [0, 0.1) is 5.41 Å². The molecule has 126 valence electrons. The van der Waals surface area contributed by atoms with E-state index in [1.165, 1.54) is 12.0 Å². The van der Waals surface area contributed by atoms with Crippen molar-refractivity contribution in [1.82, 2.24) is 0 Å². The quantitative estimate of drug-likeness (QED) is 0.793. The summed E-state index contributed by atoms with van der Waals surface area (Å²) in [5, 5.41) is 2.42. The Hall–Kier alpha value is -1.22. The average Bonchev–Trinajstić information content (AvgIpc) is 2.37. The van der Waals surface area contributed by atoms with Gasteiger partial charge in [-0.15, -0.1) is 0 Å². The molecule has 3 heteroatoms. The SMILES string of the molecule is CCOc1ccc(C[NH2+]C(C)(C)CC(C)(C)C)cc1OCC. The smallest absolute Gasteiger partial charge is 0.161 e. The molecule has 0 aromatic heterocycles. The number of ether oxygens (including phenoxy) is 2. The second kappa shape index (κ2) is 7.87. The molecule has 0 aliphatic heterocycles. The van der Waals surface area contributed by atoms with Gasteiger partial charge in [0.05, 0.1) is 18.8 Å². The standard InChI is InChI=1S/C19H33NO2/c1-8-21-16-11-10-15(12-17(16)22-9-2)13-20-19(6,7)14-18(3,4)5/h10-12,20H,8-9,13-14H2,1-7H3/p+1. The summed E-state index contributed by atoms with van der Waals surface area (Å²) < 4.78 is 11.3. The second-order valence-electron chi connectivity index (χ2n) is 7.78. The molecule has 22 heavy (non-hydrogen) atoms. The van der Waals surface area contributed by atoms with Crippen LogP contribution in [0.5, 0.6) is 11.5 Å². The molecule has 1 rings (SSSR count). The van der Waals surface area contributed by atoms with Gasteiger partial charge < -0.3 is 14.8 Å². The molecule has 1 aromatic carbocycles.